The van der Waals surface area contributed by atoms with Crippen LogP contribution < -0.4 is 5.32 Å². The van der Waals surface area contributed by atoms with Gasteiger partial charge in [-0.2, -0.15) is 74.6 Å². The number of hydrogen-bond donors (Lipinski definition) is 2. The van der Waals surface area contributed by atoms with Gasteiger partial charge in [0.2, 0.25) is 0 Å². The summed E-state index contributed by atoms with van der Waals surface area (Å²) in [7, 11) is 0. The van der Waals surface area contributed by atoms with Crippen molar-refractivity contribution in [2.45, 2.75) is 86.5 Å². The molecule has 22 heteroatoms. The van der Waals surface area contributed by atoms with E-state index < -0.39 is 84.7 Å². The average molecular weight is 683 g/mol. The number of alkyl carbamates (subject to hydrolysis) is 1. The number of ether oxygens (including phenoxy) is 1. The van der Waals surface area contributed by atoms with Crippen LogP contribution in [-0.2, 0) is 11.3 Å². The third-order valence-electron chi connectivity index (χ3n) is 5.83. The Bertz CT molecular complexity index is 1190. The van der Waals surface area contributed by atoms with Gasteiger partial charge in [0, 0.05) is 13.0 Å². The van der Waals surface area contributed by atoms with Crippen LogP contribution in [0.15, 0.2) is 24.3 Å². The number of nitrogens with one attached hydrogen (secondary N) is 1. The molecule has 0 aromatic heterocycles. The summed E-state index contributed by atoms with van der Waals surface area (Å²) in [5.74, 6) is -58.3. The summed E-state index contributed by atoms with van der Waals surface area (Å²) in [6.07, 6.45) is -13.8. The average Bonchev–Trinajstić information content (AvgIpc) is 2.85. The zero-order chi connectivity index (χ0) is 35.2. The van der Waals surface area contributed by atoms with E-state index in [0.717, 1.165) is 12.1 Å². The van der Waals surface area contributed by atoms with E-state index in [-0.39, 0.29) is 11.1 Å². The summed E-state index contributed by atoms with van der Waals surface area (Å²) in [5, 5.41) is 10.8. The van der Waals surface area contributed by atoms with Crippen LogP contribution in [0.2, 0.25) is 0 Å². The topological polar surface area (TPSA) is 75.6 Å². The number of aromatic carboxylic acids is 1. The summed E-state index contributed by atoms with van der Waals surface area (Å²) < 4.78 is 232. The molecule has 0 saturated heterocycles. The Hall–Kier alpha value is -3.23. The second-order valence-corrected chi connectivity index (χ2v) is 9.65. The molecule has 0 heterocycles. The van der Waals surface area contributed by atoms with Crippen LogP contribution in [0.4, 0.5) is 79.4 Å². The maximum Gasteiger partial charge on any atom is 0.460 e. The summed E-state index contributed by atoms with van der Waals surface area (Å²) in [5.41, 5.74) is -2.34. The SMILES string of the molecule is CC(C)(CCC(F)(F)C(F)(F)C(F)(F)C(F)(F)C(F)(F)C(F)(F)C(F)(F)C(F)(F)F)OC(=O)NCc1ccc(C(=O)O)cc1. The number of halogens is 17. The molecular formula is C22H18F17NO4. The number of carboxylic acid groups (broad SMARTS) is 1. The van der Waals surface area contributed by atoms with E-state index in [1.165, 1.54) is 12.1 Å². The van der Waals surface area contributed by atoms with Crippen LogP contribution >= 0.6 is 0 Å². The summed E-state index contributed by atoms with van der Waals surface area (Å²) in [6, 6.07) is 4.57. The Kier molecular flexibility index (Phi) is 10.2. The van der Waals surface area contributed by atoms with Gasteiger partial charge in [0.05, 0.1) is 5.56 Å². The first kappa shape index (κ1) is 38.8. The van der Waals surface area contributed by atoms with Gasteiger partial charge in [-0.15, -0.1) is 0 Å². The molecule has 0 bridgehead atoms. The van der Waals surface area contributed by atoms with Gasteiger partial charge >= 0.3 is 59.7 Å². The number of carbonyl (C=O) groups excluding carboxylic acids is 1. The zero-order valence-corrected chi connectivity index (χ0v) is 21.5. The lowest BCUT2D eigenvalue weighted by molar-refractivity contribution is -0.462. The van der Waals surface area contributed by atoms with E-state index in [2.05, 4.69) is 4.74 Å². The summed E-state index contributed by atoms with van der Waals surface area (Å²) >= 11 is 0. The molecule has 0 aliphatic heterocycles. The number of carbonyl (C=O) groups is 2. The fourth-order valence-electron chi connectivity index (χ4n) is 3.09. The Labute approximate surface area is 234 Å². The lowest BCUT2D eigenvalue weighted by atomic mass is 9.87. The molecule has 2 N–H and O–H groups in total. The van der Waals surface area contributed by atoms with Gasteiger partial charge in [-0.25, -0.2) is 9.59 Å². The van der Waals surface area contributed by atoms with Gasteiger partial charge in [-0.1, -0.05) is 12.1 Å². The first-order chi connectivity index (χ1) is 19.2. The molecule has 0 atom stereocenters. The van der Waals surface area contributed by atoms with Crippen LogP contribution in [0.25, 0.3) is 0 Å². The number of carboxylic acids is 1. The molecule has 0 aliphatic rings. The number of rotatable bonds is 13. The van der Waals surface area contributed by atoms with Crippen molar-refractivity contribution in [2.75, 3.05) is 0 Å². The molecule has 44 heavy (non-hydrogen) atoms. The van der Waals surface area contributed by atoms with Gasteiger partial charge < -0.3 is 15.2 Å². The van der Waals surface area contributed by atoms with Crippen molar-refractivity contribution >= 4 is 12.1 Å². The van der Waals surface area contributed by atoms with E-state index in [0.29, 0.717) is 13.8 Å². The van der Waals surface area contributed by atoms with Gasteiger partial charge in [-0.05, 0) is 38.0 Å². The van der Waals surface area contributed by atoms with E-state index in [1.54, 1.807) is 0 Å². The molecule has 1 aromatic carbocycles. The predicted molar refractivity (Wildman–Crippen MR) is 111 cm³/mol. The van der Waals surface area contributed by atoms with Gasteiger partial charge in [0.15, 0.2) is 0 Å². The molecule has 0 aliphatic carbocycles. The number of hydrogen-bond acceptors (Lipinski definition) is 3. The Morgan fingerprint density at radius 2 is 1.02 bits per heavy atom. The monoisotopic (exact) mass is 683 g/mol. The second-order valence-electron chi connectivity index (χ2n) is 9.65. The predicted octanol–water partition coefficient (Wildman–Crippen LogP) is 8.18. The van der Waals surface area contributed by atoms with Crippen LogP contribution in [-0.4, -0.2) is 70.4 Å². The van der Waals surface area contributed by atoms with E-state index in [1.807, 2.05) is 5.32 Å². The first-order valence-corrected chi connectivity index (χ1v) is 11.2. The van der Waals surface area contributed by atoms with Crippen LogP contribution in [0, 0.1) is 0 Å². The Morgan fingerprint density at radius 1 is 0.636 bits per heavy atom. The third-order valence-corrected chi connectivity index (χ3v) is 5.83. The normalized spacial score (nSPS) is 14.8. The van der Waals surface area contributed by atoms with Crippen molar-refractivity contribution in [1.82, 2.24) is 5.32 Å². The van der Waals surface area contributed by atoms with Crippen LogP contribution in [0.3, 0.4) is 0 Å². The zero-order valence-electron chi connectivity index (χ0n) is 21.5. The summed E-state index contributed by atoms with van der Waals surface area (Å²) in [4.78, 5) is 22.7. The lowest BCUT2D eigenvalue weighted by Gasteiger charge is -2.43. The smallest absolute Gasteiger partial charge is 0.460 e. The fraction of sp³-hybridized carbons (Fsp3) is 0.636. The fourth-order valence-corrected chi connectivity index (χ4v) is 3.09. The molecular weight excluding hydrogens is 665 g/mol. The molecule has 0 fully saturated rings. The lowest BCUT2D eigenvalue weighted by Crippen LogP contribution is -2.74. The molecule has 0 radical (unpaired) electrons. The minimum absolute atomic E-state index is 0.171. The standard InChI is InChI=1S/C22H18F17NO4/c1-14(2,44-13(43)40-9-10-3-5-11(6-4-10)12(41)42)7-8-15(23,24)16(25,26)17(27,28)18(29,30)19(31,32)20(33,34)21(35,36)22(37,38)39/h3-6H,7-9H2,1-2H3,(H,40,43)(H,41,42). The first-order valence-electron chi connectivity index (χ1n) is 11.2. The molecule has 0 unspecified atom stereocenters. The van der Waals surface area contributed by atoms with Gasteiger partial charge in [-0.3, -0.25) is 0 Å². The largest absolute Gasteiger partial charge is 0.478 e. The van der Waals surface area contributed by atoms with Crippen molar-refractivity contribution in [3.05, 3.63) is 35.4 Å². The summed E-state index contributed by atoms with van der Waals surface area (Å²) in [6.45, 7) is 0.878. The maximum atomic E-state index is 14.1. The van der Waals surface area contributed by atoms with Crippen molar-refractivity contribution in [3.63, 3.8) is 0 Å². The van der Waals surface area contributed by atoms with E-state index in [9.17, 15) is 84.2 Å². The third kappa shape index (κ3) is 6.71. The van der Waals surface area contributed by atoms with Gasteiger partial charge in [0.1, 0.15) is 5.60 Å². The number of amides is 1. The van der Waals surface area contributed by atoms with Crippen molar-refractivity contribution in [3.8, 4) is 0 Å². The Balaban J connectivity index is 3.14. The van der Waals surface area contributed by atoms with Crippen molar-refractivity contribution in [1.29, 1.82) is 0 Å². The van der Waals surface area contributed by atoms with E-state index in [4.69, 9.17) is 5.11 Å². The van der Waals surface area contributed by atoms with Gasteiger partial charge in [0.25, 0.3) is 0 Å². The quantitative estimate of drug-likeness (QED) is 0.206. The van der Waals surface area contributed by atoms with Crippen LogP contribution in [0.5, 0.6) is 0 Å². The highest BCUT2D eigenvalue weighted by molar-refractivity contribution is 5.87. The van der Waals surface area contributed by atoms with Crippen molar-refractivity contribution in [2.24, 2.45) is 0 Å². The highest BCUT2D eigenvalue weighted by atomic mass is 19.4. The van der Waals surface area contributed by atoms with Crippen molar-refractivity contribution < 1.29 is 94.1 Å². The maximum absolute atomic E-state index is 14.1. The molecule has 254 valence electrons. The molecule has 0 spiro atoms. The highest BCUT2D eigenvalue weighted by Crippen LogP contribution is 2.64. The molecule has 1 aromatic rings. The number of alkyl halides is 17. The highest BCUT2D eigenvalue weighted by Gasteiger charge is 2.95. The van der Waals surface area contributed by atoms with E-state index >= 15 is 0 Å². The molecule has 1 amide bonds. The molecule has 0 saturated carbocycles. The Morgan fingerprint density at radius 3 is 1.41 bits per heavy atom. The molecule has 1 rings (SSSR count). The van der Waals surface area contributed by atoms with Crippen LogP contribution in [0.1, 0.15) is 42.6 Å². The second kappa shape index (κ2) is 11.6. The minimum atomic E-state index is -8.71. The minimum Gasteiger partial charge on any atom is -0.478 e. The number of benzene rings is 1. The molecule has 5 nitrogen and oxygen atoms in total.